The van der Waals surface area contributed by atoms with E-state index >= 15 is 0 Å². The second kappa shape index (κ2) is 11.5. The average molecular weight is 673 g/mol. The first-order valence-corrected chi connectivity index (χ1v) is 17.8. The molecule has 1 aliphatic rings. The molecular formula is C47H36N4O. The fourth-order valence-electron chi connectivity index (χ4n) is 8.60. The second-order valence-electron chi connectivity index (χ2n) is 14.3. The fraction of sp³-hybridized carbons (Fsp3) is 0.106. The van der Waals surface area contributed by atoms with Crippen LogP contribution in [0.25, 0.3) is 50.0 Å². The number of para-hydroxylation sites is 2. The van der Waals surface area contributed by atoms with Gasteiger partial charge in [0.15, 0.2) is 0 Å². The maximum Gasteiger partial charge on any atom is 0.145 e. The van der Waals surface area contributed by atoms with Crippen LogP contribution in [0.4, 0.5) is 0 Å². The van der Waals surface area contributed by atoms with Crippen molar-refractivity contribution >= 4 is 33.0 Å². The minimum Gasteiger partial charge on any atom is -0.457 e. The first-order chi connectivity index (χ1) is 25.5. The smallest absolute Gasteiger partial charge is 0.145 e. The third-order valence-electron chi connectivity index (χ3n) is 11.0. The van der Waals surface area contributed by atoms with Gasteiger partial charge >= 0.3 is 0 Å². The molecule has 0 spiro atoms. The molecule has 3 heterocycles. The zero-order chi connectivity index (χ0) is 35.0. The van der Waals surface area contributed by atoms with Gasteiger partial charge in [-0.2, -0.15) is 0 Å². The number of fused-ring (bicyclic) bond motifs is 7. The standard InChI is InChI=1S/C47H36N4O/c1-47(2)37-22-8-7-20-35(37)42(30-14-5-4-6-15-30)44-38(47)25-26-41-43(44)36-21-13-27-48-46(36)51(41)32-17-12-19-34(29-32)52-33-18-11-16-31(28-33)45-49-39-23-9-10-24-40(39)50(45)3/h4-29,42H,1-3H3. The minimum absolute atomic E-state index is 0.0848. The van der Waals surface area contributed by atoms with E-state index in [1.54, 1.807) is 0 Å². The van der Waals surface area contributed by atoms with Crippen LogP contribution in [0, 0.1) is 0 Å². The summed E-state index contributed by atoms with van der Waals surface area (Å²) in [5, 5.41) is 2.39. The number of rotatable bonds is 5. The van der Waals surface area contributed by atoms with E-state index in [0.717, 1.165) is 56.2 Å². The average Bonchev–Trinajstić information content (AvgIpc) is 3.70. The highest BCUT2D eigenvalue weighted by molar-refractivity contribution is 6.11. The number of hydrogen-bond donors (Lipinski definition) is 0. The zero-order valence-corrected chi connectivity index (χ0v) is 29.3. The van der Waals surface area contributed by atoms with Gasteiger partial charge in [0.05, 0.1) is 22.2 Å². The van der Waals surface area contributed by atoms with Crippen molar-refractivity contribution in [1.82, 2.24) is 19.1 Å². The summed E-state index contributed by atoms with van der Waals surface area (Å²) in [5.74, 6) is 2.49. The SMILES string of the molecule is Cn1c(-c2cccc(Oc3cccc(-n4c5ccc6c(c5c5cccnc54)C(c4ccccc4)c4ccccc4C6(C)C)c3)c2)nc2ccccc21. The maximum absolute atomic E-state index is 6.58. The van der Waals surface area contributed by atoms with E-state index < -0.39 is 0 Å². The number of benzene rings is 6. The van der Waals surface area contributed by atoms with Gasteiger partial charge in [-0.05, 0) is 82.4 Å². The number of nitrogens with zero attached hydrogens (tertiary/aromatic N) is 4. The number of hydrogen-bond acceptors (Lipinski definition) is 3. The van der Waals surface area contributed by atoms with Gasteiger partial charge in [0.2, 0.25) is 0 Å². The van der Waals surface area contributed by atoms with Gasteiger partial charge in [-0.3, -0.25) is 4.57 Å². The molecule has 0 amide bonds. The van der Waals surface area contributed by atoms with Crippen LogP contribution >= 0.6 is 0 Å². The van der Waals surface area contributed by atoms with Crippen molar-refractivity contribution in [2.75, 3.05) is 0 Å². The van der Waals surface area contributed by atoms with Crippen molar-refractivity contribution in [2.45, 2.75) is 25.2 Å². The largest absolute Gasteiger partial charge is 0.457 e. The van der Waals surface area contributed by atoms with E-state index in [0.29, 0.717) is 0 Å². The van der Waals surface area contributed by atoms with E-state index in [1.807, 2.05) is 42.6 Å². The Morgan fingerprint density at radius 2 is 1.42 bits per heavy atom. The lowest BCUT2D eigenvalue weighted by atomic mass is 9.63. The summed E-state index contributed by atoms with van der Waals surface area (Å²) < 4.78 is 11.0. The molecule has 1 unspecified atom stereocenters. The molecule has 0 fully saturated rings. The molecule has 0 saturated carbocycles. The van der Waals surface area contributed by atoms with Crippen molar-refractivity contribution in [2.24, 2.45) is 7.05 Å². The van der Waals surface area contributed by atoms with E-state index in [-0.39, 0.29) is 11.3 Å². The van der Waals surface area contributed by atoms with Crippen molar-refractivity contribution in [1.29, 1.82) is 0 Å². The Balaban J connectivity index is 1.12. The molecule has 10 rings (SSSR count). The molecule has 1 aliphatic carbocycles. The molecule has 0 N–H and O–H groups in total. The van der Waals surface area contributed by atoms with Gasteiger partial charge < -0.3 is 9.30 Å². The van der Waals surface area contributed by atoms with Crippen molar-refractivity contribution < 1.29 is 4.74 Å². The molecule has 0 aliphatic heterocycles. The Hall–Kier alpha value is -6.46. The summed E-state index contributed by atoms with van der Waals surface area (Å²) >= 11 is 0. The third-order valence-corrected chi connectivity index (χ3v) is 11.0. The Morgan fingerprint density at radius 1 is 0.654 bits per heavy atom. The first kappa shape index (κ1) is 30.4. The lowest BCUT2D eigenvalue weighted by molar-refractivity contribution is 0.482. The molecule has 6 aromatic carbocycles. The summed E-state index contributed by atoms with van der Waals surface area (Å²) in [6.45, 7) is 4.72. The Kier molecular flexibility index (Phi) is 6.74. The normalized spacial score (nSPS) is 14.8. The molecule has 5 heteroatoms. The molecule has 0 radical (unpaired) electrons. The first-order valence-electron chi connectivity index (χ1n) is 17.8. The van der Waals surface area contributed by atoms with Gasteiger partial charge in [-0.25, -0.2) is 9.97 Å². The molecular weight excluding hydrogens is 637 g/mol. The number of ether oxygens (including phenoxy) is 1. The van der Waals surface area contributed by atoms with Crippen molar-refractivity contribution in [3.05, 3.63) is 186 Å². The van der Waals surface area contributed by atoms with Gasteiger partial charge in [-0.1, -0.05) is 105 Å². The Bertz CT molecular complexity index is 2830. The maximum atomic E-state index is 6.58. The molecule has 3 aromatic heterocycles. The monoisotopic (exact) mass is 672 g/mol. The van der Waals surface area contributed by atoms with Crippen LogP contribution in [0.2, 0.25) is 0 Å². The summed E-state index contributed by atoms with van der Waals surface area (Å²) in [4.78, 5) is 9.93. The number of aryl methyl sites for hydroxylation is 1. The molecule has 9 aromatic rings. The molecule has 0 saturated heterocycles. The van der Waals surface area contributed by atoms with E-state index in [2.05, 4.69) is 145 Å². The molecule has 52 heavy (non-hydrogen) atoms. The van der Waals surface area contributed by atoms with Crippen LogP contribution in [0.5, 0.6) is 11.5 Å². The van der Waals surface area contributed by atoms with E-state index in [9.17, 15) is 0 Å². The Morgan fingerprint density at radius 3 is 2.29 bits per heavy atom. The Labute approximate surface area is 302 Å². The molecule has 1 atom stereocenters. The van der Waals surface area contributed by atoms with Crippen LogP contribution in [-0.2, 0) is 12.5 Å². The van der Waals surface area contributed by atoms with E-state index in [4.69, 9.17) is 14.7 Å². The highest BCUT2D eigenvalue weighted by Crippen LogP contribution is 2.53. The van der Waals surface area contributed by atoms with Gasteiger partial charge in [-0.15, -0.1) is 0 Å². The summed E-state index contributed by atoms with van der Waals surface area (Å²) in [5.41, 5.74) is 12.7. The lowest BCUT2D eigenvalue weighted by Gasteiger charge is -2.40. The molecule has 250 valence electrons. The highest BCUT2D eigenvalue weighted by atomic mass is 16.5. The van der Waals surface area contributed by atoms with Crippen LogP contribution in [0.1, 0.15) is 47.6 Å². The van der Waals surface area contributed by atoms with Crippen molar-refractivity contribution in [3.63, 3.8) is 0 Å². The minimum atomic E-state index is -0.175. The molecule has 5 nitrogen and oxygen atoms in total. The second-order valence-corrected chi connectivity index (χ2v) is 14.3. The van der Waals surface area contributed by atoms with Gasteiger partial charge in [0.25, 0.3) is 0 Å². The fourth-order valence-corrected chi connectivity index (χ4v) is 8.60. The summed E-state index contributed by atoms with van der Waals surface area (Å²) in [7, 11) is 2.06. The number of pyridine rings is 1. The topological polar surface area (TPSA) is 44.9 Å². The highest BCUT2D eigenvalue weighted by Gasteiger charge is 2.40. The van der Waals surface area contributed by atoms with Gasteiger partial charge in [0.1, 0.15) is 23.0 Å². The third kappa shape index (κ3) is 4.55. The van der Waals surface area contributed by atoms with Crippen LogP contribution < -0.4 is 4.74 Å². The predicted molar refractivity (Wildman–Crippen MR) is 211 cm³/mol. The number of imidazole rings is 1. The molecule has 0 bridgehead atoms. The quantitative estimate of drug-likeness (QED) is 0.183. The zero-order valence-electron chi connectivity index (χ0n) is 29.3. The predicted octanol–water partition coefficient (Wildman–Crippen LogP) is 11.3. The lowest BCUT2D eigenvalue weighted by Crippen LogP contribution is -2.30. The van der Waals surface area contributed by atoms with E-state index in [1.165, 1.54) is 33.2 Å². The van der Waals surface area contributed by atoms with Crippen LogP contribution in [-0.4, -0.2) is 19.1 Å². The van der Waals surface area contributed by atoms with Crippen molar-refractivity contribution in [3.8, 4) is 28.6 Å². The van der Waals surface area contributed by atoms with Crippen LogP contribution in [0.15, 0.2) is 158 Å². The number of aromatic nitrogens is 4. The van der Waals surface area contributed by atoms with Gasteiger partial charge in [0, 0.05) is 47.0 Å². The summed E-state index contributed by atoms with van der Waals surface area (Å²) in [6, 6.07) is 53.6. The van der Waals surface area contributed by atoms with Crippen LogP contribution in [0.3, 0.4) is 0 Å². The summed E-state index contributed by atoms with van der Waals surface area (Å²) in [6.07, 6.45) is 1.89.